The molecule has 0 bridgehead atoms. The number of benzene rings is 2. The molecule has 0 aliphatic heterocycles. The van der Waals surface area contributed by atoms with Gasteiger partial charge in [-0.1, -0.05) is 18.2 Å². The Morgan fingerprint density at radius 3 is 2.59 bits per heavy atom. The number of fused-ring (bicyclic) bond motifs is 1. The van der Waals surface area contributed by atoms with E-state index in [1.165, 1.54) is 12.1 Å². The lowest BCUT2D eigenvalue weighted by Crippen LogP contribution is -2.27. The van der Waals surface area contributed by atoms with Gasteiger partial charge in [0, 0.05) is 37.2 Å². The zero-order chi connectivity index (χ0) is 20.4. The second-order valence-electron chi connectivity index (χ2n) is 7.13. The minimum atomic E-state index is -0.280. The van der Waals surface area contributed by atoms with E-state index >= 15 is 0 Å². The van der Waals surface area contributed by atoms with Crippen LogP contribution in [0.25, 0.3) is 21.5 Å². The predicted molar refractivity (Wildman–Crippen MR) is 118 cm³/mol. The molecule has 0 aliphatic carbocycles. The molecule has 0 saturated carbocycles. The third-order valence-corrected chi connectivity index (χ3v) is 5.77. The number of rotatable bonds is 6. The Hall–Kier alpha value is -3.12. The Labute approximate surface area is 173 Å². The number of amides is 1. The van der Waals surface area contributed by atoms with Crippen LogP contribution in [0.4, 0.5) is 10.1 Å². The number of anilines is 1. The fourth-order valence-electron chi connectivity index (χ4n) is 3.35. The van der Waals surface area contributed by atoms with Crippen molar-refractivity contribution in [2.24, 2.45) is 0 Å². The highest BCUT2D eigenvalue weighted by Crippen LogP contribution is 2.31. The van der Waals surface area contributed by atoms with Crippen molar-refractivity contribution in [1.29, 1.82) is 0 Å². The monoisotopic (exact) mass is 407 g/mol. The fourth-order valence-corrected chi connectivity index (χ4v) is 4.10. The van der Waals surface area contributed by atoms with Crippen LogP contribution in [0.15, 0.2) is 66.0 Å². The number of nitrogens with zero attached hydrogens (tertiary/aromatic N) is 2. The molecule has 2 aromatic heterocycles. The van der Waals surface area contributed by atoms with Crippen LogP contribution in [0.5, 0.6) is 0 Å². The van der Waals surface area contributed by atoms with Crippen LogP contribution < -0.4 is 10.2 Å². The Morgan fingerprint density at radius 2 is 1.90 bits per heavy atom. The summed E-state index contributed by atoms with van der Waals surface area (Å²) in [5.74, 6) is -0.362. The standard InChI is InChI=1S/C23H22FN3OS/c1-26(2)19-8-5-16(6-9-19)14-25-23(28)15-27-20-10-7-18(24)12-17(20)13-21(27)22-4-3-11-29-22/h3-13H,14-15H2,1-2H3,(H,25,28). The molecular formula is C23H22FN3OS. The fraction of sp³-hybridized carbons (Fsp3) is 0.174. The van der Waals surface area contributed by atoms with E-state index in [-0.39, 0.29) is 18.3 Å². The molecule has 2 aromatic carbocycles. The molecule has 1 N–H and O–H groups in total. The van der Waals surface area contributed by atoms with Crippen molar-refractivity contribution in [3.05, 3.63) is 77.4 Å². The quantitative estimate of drug-likeness (QED) is 0.494. The largest absolute Gasteiger partial charge is 0.378 e. The van der Waals surface area contributed by atoms with Gasteiger partial charge in [-0.3, -0.25) is 4.79 Å². The molecule has 0 aliphatic rings. The number of nitrogens with one attached hydrogen (secondary N) is 1. The zero-order valence-electron chi connectivity index (χ0n) is 16.4. The van der Waals surface area contributed by atoms with Gasteiger partial charge in [0.2, 0.25) is 5.91 Å². The molecule has 0 fully saturated rings. The molecule has 0 unspecified atom stereocenters. The minimum absolute atomic E-state index is 0.0821. The van der Waals surface area contributed by atoms with Crippen LogP contribution in [-0.2, 0) is 17.9 Å². The topological polar surface area (TPSA) is 37.3 Å². The van der Waals surface area contributed by atoms with Crippen molar-refractivity contribution < 1.29 is 9.18 Å². The summed E-state index contributed by atoms with van der Waals surface area (Å²) in [4.78, 5) is 15.8. The molecule has 4 nitrogen and oxygen atoms in total. The Bertz CT molecular complexity index is 1130. The van der Waals surface area contributed by atoms with Gasteiger partial charge >= 0.3 is 0 Å². The van der Waals surface area contributed by atoms with Crippen molar-refractivity contribution in [3.63, 3.8) is 0 Å². The molecule has 0 spiro atoms. The van der Waals surface area contributed by atoms with Gasteiger partial charge in [-0.2, -0.15) is 0 Å². The molecule has 0 radical (unpaired) electrons. The van der Waals surface area contributed by atoms with Crippen molar-refractivity contribution in [1.82, 2.24) is 9.88 Å². The molecule has 4 rings (SSSR count). The SMILES string of the molecule is CN(C)c1ccc(CNC(=O)Cn2c(-c3cccs3)cc3cc(F)ccc32)cc1. The Morgan fingerprint density at radius 1 is 1.10 bits per heavy atom. The first-order valence-electron chi connectivity index (χ1n) is 9.37. The summed E-state index contributed by atoms with van der Waals surface area (Å²) in [6, 6.07) is 18.7. The van der Waals surface area contributed by atoms with E-state index in [0.29, 0.717) is 6.54 Å². The van der Waals surface area contributed by atoms with Crippen LogP contribution in [0.1, 0.15) is 5.56 Å². The zero-order valence-corrected chi connectivity index (χ0v) is 17.2. The highest BCUT2D eigenvalue weighted by Gasteiger charge is 2.15. The molecule has 0 atom stereocenters. The number of aromatic nitrogens is 1. The molecule has 2 heterocycles. The van der Waals surface area contributed by atoms with Crippen molar-refractivity contribution >= 4 is 33.8 Å². The van der Waals surface area contributed by atoms with Gasteiger partial charge in [-0.25, -0.2) is 4.39 Å². The third kappa shape index (κ3) is 4.17. The summed E-state index contributed by atoms with van der Waals surface area (Å²) in [6.07, 6.45) is 0. The first kappa shape index (κ1) is 19.2. The van der Waals surface area contributed by atoms with Crippen molar-refractivity contribution in [2.75, 3.05) is 19.0 Å². The maximum Gasteiger partial charge on any atom is 0.240 e. The highest BCUT2D eigenvalue weighted by atomic mass is 32.1. The van der Waals surface area contributed by atoms with Gasteiger partial charge in [0.1, 0.15) is 12.4 Å². The summed E-state index contributed by atoms with van der Waals surface area (Å²) in [5.41, 5.74) is 3.93. The van der Waals surface area contributed by atoms with Gasteiger partial charge in [0.15, 0.2) is 0 Å². The maximum atomic E-state index is 13.7. The third-order valence-electron chi connectivity index (χ3n) is 4.88. The average molecular weight is 408 g/mol. The Balaban J connectivity index is 1.53. The van der Waals surface area contributed by atoms with E-state index in [2.05, 4.69) is 5.32 Å². The second-order valence-corrected chi connectivity index (χ2v) is 8.08. The average Bonchev–Trinajstić information content (AvgIpc) is 3.35. The molecular weight excluding hydrogens is 385 g/mol. The van der Waals surface area contributed by atoms with E-state index in [1.54, 1.807) is 17.4 Å². The first-order chi connectivity index (χ1) is 14.0. The van der Waals surface area contributed by atoms with Crippen LogP contribution in [-0.4, -0.2) is 24.6 Å². The van der Waals surface area contributed by atoms with E-state index in [4.69, 9.17) is 0 Å². The summed E-state index contributed by atoms with van der Waals surface area (Å²) in [7, 11) is 3.99. The molecule has 0 saturated heterocycles. The molecule has 29 heavy (non-hydrogen) atoms. The summed E-state index contributed by atoms with van der Waals surface area (Å²) in [6.45, 7) is 0.646. The van der Waals surface area contributed by atoms with Crippen LogP contribution in [0, 0.1) is 5.82 Å². The van der Waals surface area contributed by atoms with E-state index in [1.807, 2.05) is 71.4 Å². The first-order valence-corrected chi connectivity index (χ1v) is 10.2. The Kier molecular flexibility index (Phi) is 5.36. The van der Waals surface area contributed by atoms with Gasteiger partial charge in [0.25, 0.3) is 0 Å². The van der Waals surface area contributed by atoms with E-state index in [0.717, 1.165) is 32.7 Å². The lowest BCUT2D eigenvalue weighted by molar-refractivity contribution is -0.121. The highest BCUT2D eigenvalue weighted by molar-refractivity contribution is 7.13. The molecule has 148 valence electrons. The summed E-state index contributed by atoms with van der Waals surface area (Å²) in [5, 5.41) is 5.78. The van der Waals surface area contributed by atoms with Crippen LogP contribution in [0.3, 0.4) is 0 Å². The maximum absolute atomic E-state index is 13.7. The minimum Gasteiger partial charge on any atom is -0.378 e. The van der Waals surface area contributed by atoms with Gasteiger partial charge in [-0.05, 0) is 53.4 Å². The molecule has 6 heteroatoms. The number of carbonyl (C=O) groups is 1. The molecule has 4 aromatic rings. The van der Waals surface area contributed by atoms with Crippen LogP contribution in [0.2, 0.25) is 0 Å². The second kappa shape index (κ2) is 8.09. The van der Waals surface area contributed by atoms with Crippen LogP contribution >= 0.6 is 11.3 Å². The number of carbonyl (C=O) groups excluding carboxylic acids is 1. The summed E-state index contributed by atoms with van der Waals surface area (Å²) >= 11 is 1.60. The number of thiophene rings is 1. The molecule has 1 amide bonds. The van der Waals surface area contributed by atoms with Gasteiger partial charge < -0.3 is 14.8 Å². The number of hydrogen-bond acceptors (Lipinski definition) is 3. The predicted octanol–water partition coefficient (Wildman–Crippen LogP) is 4.89. The lowest BCUT2D eigenvalue weighted by atomic mass is 10.2. The van der Waals surface area contributed by atoms with Crippen molar-refractivity contribution in [2.45, 2.75) is 13.1 Å². The van der Waals surface area contributed by atoms with Gasteiger partial charge in [0.05, 0.1) is 10.6 Å². The van der Waals surface area contributed by atoms with Crippen molar-refractivity contribution in [3.8, 4) is 10.6 Å². The van der Waals surface area contributed by atoms with E-state index < -0.39 is 0 Å². The normalized spacial score (nSPS) is 11.0. The van der Waals surface area contributed by atoms with E-state index in [9.17, 15) is 9.18 Å². The summed E-state index contributed by atoms with van der Waals surface area (Å²) < 4.78 is 15.6. The smallest absolute Gasteiger partial charge is 0.240 e. The van der Waals surface area contributed by atoms with Gasteiger partial charge in [-0.15, -0.1) is 11.3 Å². The number of halogens is 1. The number of hydrogen-bond donors (Lipinski definition) is 1. The lowest BCUT2D eigenvalue weighted by Gasteiger charge is -2.13.